The molecule has 0 saturated carbocycles. The van der Waals surface area contributed by atoms with Crippen molar-refractivity contribution in [1.82, 2.24) is 20.2 Å². The first-order valence-electron chi connectivity index (χ1n) is 11.8. The lowest BCUT2D eigenvalue weighted by Crippen LogP contribution is -2.27. The Morgan fingerprint density at radius 1 is 1.00 bits per heavy atom. The average molecular weight is 499 g/mol. The number of nitrogens with zero attached hydrogens (tertiary/aromatic N) is 4. The largest absolute Gasteiger partial charge is 0.482 e. The second-order valence-corrected chi connectivity index (χ2v) is 9.35. The highest BCUT2D eigenvalue weighted by molar-refractivity contribution is 5.71. The molecule has 0 aliphatic rings. The van der Waals surface area contributed by atoms with Crippen LogP contribution in [0.5, 0.6) is 5.75 Å². The summed E-state index contributed by atoms with van der Waals surface area (Å²) >= 11 is 0. The highest BCUT2D eigenvalue weighted by Gasteiger charge is 2.16. The van der Waals surface area contributed by atoms with Crippen molar-refractivity contribution < 1.29 is 18.7 Å². The van der Waals surface area contributed by atoms with E-state index in [4.69, 9.17) is 9.47 Å². The van der Waals surface area contributed by atoms with E-state index in [0.717, 1.165) is 22.3 Å². The van der Waals surface area contributed by atoms with Crippen LogP contribution >= 0.6 is 0 Å². The zero-order valence-electron chi connectivity index (χ0n) is 20.9. The van der Waals surface area contributed by atoms with E-state index in [1.165, 1.54) is 16.9 Å². The third kappa shape index (κ3) is 8.00. The van der Waals surface area contributed by atoms with Gasteiger partial charge >= 0.3 is 5.97 Å². The van der Waals surface area contributed by atoms with Crippen LogP contribution in [0.2, 0.25) is 0 Å². The molecule has 0 radical (unpaired) electrons. The number of carbonyl (C=O) groups is 1. The van der Waals surface area contributed by atoms with Gasteiger partial charge in [-0.3, -0.25) is 0 Å². The molecular weight excluding hydrogens is 471 g/mol. The van der Waals surface area contributed by atoms with E-state index in [1.807, 2.05) is 57.2 Å². The smallest absolute Gasteiger partial charge is 0.344 e. The zero-order chi connectivity index (χ0) is 26.3. The van der Waals surface area contributed by atoms with Gasteiger partial charge in [-0.05, 0) is 73.5 Å². The second kappa shape index (κ2) is 11.5. The Morgan fingerprint density at radius 2 is 1.73 bits per heavy atom. The Hall–Kier alpha value is -4.51. The molecule has 0 bridgehead atoms. The predicted molar refractivity (Wildman–Crippen MR) is 137 cm³/mol. The van der Waals surface area contributed by atoms with Gasteiger partial charge in [0.15, 0.2) is 6.61 Å². The molecule has 7 nitrogen and oxygen atoms in total. The van der Waals surface area contributed by atoms with Gasteiger partial charge in [0, 0.05) is 17.5 Å². The van der Waals surface area contributed by atoms with Gasteiger partial charge in [-0.25, -0.2) is 9.18 Å². The summed E-state index contributed by atoms with van der Waals surface area (Å²) < 4.78 is 23.8. The van der Waals surface area contributed by atoms with E-state index in [9.17, 15) is 9.18 Å². The molecule has 4 rings (SSSR count). The van der Waals surface area contributed by atoms with E-state index < -0.39 is 11.6 Å². The Bertz CT molecular complexity index is 1410. The molecule has 0 aliphatic heterocycles. The Labute approximate surface area is 215 Å². The van der Waals surface area contributed by atoms with E-state index in [-0.39, 0.29) is 12.4 Å². The molecule has 37 heavy (non-hydrogen) atoms. The molecule has 1 aromatic heterocycles. The predicted octanol–water partition coefficient (Wildman–Crippen LogP) is 4.84. The average Bonchev–Trinajstić information content (AvgIpc) is 3.33. The van der Waals surface area contributed by atoms with E-state index in [1.54, 1.807) is 24.3 Å². The van der Waals surface area contributed by atoms with Crippen LogP contribution in [-0.2, 0) is 22.5 Å². The summed E-state index contributed by atoms with van der Waals surface area (Å²) in [5, 5.41) is 12.8. The number of hydrogen-bond donors (Lipinski definition) is 0. The minimum atomic E-state index is -0.548. The van der Waals surface area contributed by atoms with Gasteiger partial charge in [-0.1, -0.05) is 48.2 Å². The first-order chi connectivity index (χ1) is 17.7. The van der Waals surface area contributed by atoms with Crippen LogP contribution in [-0.4, -0.2) is 38.4 Å². The number of aromatic nitrogens is 4. The Morgan fingerprint density at radius 3 is 2.46 bits per heavy atom. The fraction of sp³-hybridized carbons (Fsp3) is 0.241. The first-order valence-corrected chi connectivity index (χ1v) is 11.8. The van der Waals surface area contributed by atoms with Crippen molar-refractivity contribution in [2.24, 2.45) is 0 Å². The van der Waals surface area contributed by atoms with Gasteiger partial charge in [0.25, 0.3) is 0 Å². The van der Waals surface area contributed by atoms with E-state index in [0.29, 0.717) is 24.5 Å². The molecule has 0 atom stereocenters. The van der Waals surface area contributed by atoms with Gasteiger partial charge in [-0.15, -0.1) is 10.2 Å². The van der Waals surface area contributed by atoms with Gasteiger partial charge in [0.1, 0.15) is 17.2 Å². The molecule has 3 aromatic carbocycles. The van der Waals surface area contributed by atoms with Gasteiger partial charge in [0.2, 0.25) is 5.82 Å². The number of hydrogen-bond acceptors (Lipinski definition) is 6. The zero-order valence-corrected chi connectivity index (χ0v) is 20.9. The summed E-state index contributed by atoms with van der Waals surface area (Å²) in [6.07, 6.45) is 0.532. The van der Waals surface area contributed by atoms with Crippen LogP contribution in [0.3, 0.4) is 0 Å². The number of rotatable bonds is 7. The highest BCUT2D eigenvalue weighted by Crippen LogP contribution is 2.17. The SMILES string of the molecule is CC(C)(C)OC(=O)COc1ccc(Cn2nnc(-c3cccc(C#CCc4ccc(F)cc4)c3)n2)cc1. The summed E-state index contributed by atoms with van der Waals surface area (Å²) in [4.78, 5) is 13.3. The van der Waals surface area contributed by atoms with Gasteiger partial charge in [-0.2, -0.15) is 4.80 Å². The number of carbonyl (C=O) groups excluding carboxylic acids is 1. The lowest BCUT2D eigenvalue weighted by Gasteiger charge is -2.19. The molecule has 0 amide bonds. The van der Waals surface area contributed by atoms with Crippen molar-refractivity contribution in [3.63, 3.8) is 0 Å². The van der Waals surface area contributed by atoms with E-state index in [2.05, 4.69) is 27.3 Å². The summed E-state index contributed by atoms with van der Waals surface area (Å²) in [5.41, 5.74) is 3.00. The molecule has 8 heteroatoms. The van der Waals surface area contributed by atoms with Crippen molar-refractivity contribution in [3.8, 4) is 29.0 Å². The topological polar surface area (TPSA) is 79.1 Å². The lowest BCUT2D eigenvalue weighted by molar-refractivity contribution is -0.157. The molecule has 0 N–H and O–H groups in total. The maximum Gasteiger partial charge on any atom is 0.344 e. The normalized spacial score (nSPS) is 10.9. The summed E-state index contributed by atoms with van der Waals surface area (Å²) in [7, 11) is 0. The van der Waals surface area contributed by atoms with Gasteiger partial charge in [0.05, 0.1) is 6.54 Å². The van der Waals surface area contributed by atoms with Crippen molar-refractivity contribution in [2.45, 2.75) is 39.3 Å². The van der Waals surface area contributed by atoms with Crippen LogP contribution in [0.25, 0.3) is 11.4 Å². The number of tetrazole rings is 1. The Balaban J connectivity index is 1.34. The number of esters is 1. The molecule has 0 unspecified atom stereocenters. The van der Waals surface area contributed by atoms with Crippen molar-refractivity contribution in [1.29, 1.82) is 0 Å². The third-order valence-corrected chi connectivity index (χ3v) is 5.04. The fourth-order valence-electron chi connectivity index (χ4n) is 3.38. The molecule has 4 aromatic rings. The lowest BCUT2D eigenvalue weighted by atomic mass is 10.1. The monoisotopic (exact) mass is 498 g/mol. The quantitative estimate of drug-likeness (QED) is 0.268. The molecule has 0 saturated heterocycles. The molecule has 1 heterocycles. The fourth-order valence-corrected chi connectivity index (χ4v) is 3.38. The number of benzene rings is 3. The second-order valence-electron chi connectivity index (χ2n) is 9.35. The minimum Gasteiger partial charge on any atom is -0.482 e. The standard InChI is InChI=1S/C29H27FN4O3/c1-29(2,3)37-27(35)20-36-26-16-12-23(13-17-26)19-34-32-28(31-33-34)24-9-5-8-22(18-24)7-4-6-21-10-14-25(30)15-11-21/h5,8-18H,6,19-20H2,1-3H3. The van der Waals surface area contributed by atoms with Crippen LogP contribution in [0.15, 0.2) is 72.8 Å². The van der Waals surface area contributed by atoms with Crippen LogP contribution in [0.4, 0.5) is 4.39 Å². The van der Waals surface area contributed by atoms with Crippen LogP contribution in [0, 0.1) is 17.7 Å². The molecule has 188 valence electrons. The van der Waals surface area contributed by atoms with Crippen molar-refractivity contribution in [2.75, 3.05) is 6.61 Å². The van der Waals surface area contributed by atoms with Crippen LogP contribution < -0.4 is 4.74 Å². The van der Waals surface area contributed by atoms with Crippen molar-refractivity contribution >= 4 is 5.97 Å². The number of halogens is 1. The summed E-state index contributed by atoms with van der Waals surface area (Å²) in [5.74, 6) is 6.64. The van der Waals surface area contributed by atoms with Crippen LogP contribution in [0.1, 0.15) is 37.5 Å². The number of ether oxygens (including phenoxy) is 2. The Kier molecular flexibility index (Phi) is 7.94. The molecule has 0 fully saturated rings. The molecular formula is C29H27FN4O3. The first kappa shape index (κ1) is 25.6. The molecule has 0 aliphatic carbocycles. The van der Waals surface area contributed by atoms with E-state index >= 15 is 0 Å². The third-order valence-electron chi connectivity index (χ3n) is 5.04. The summed E-state index contributed by atoms with van der Waals surface area (Å²) in [6.45, 7) is 5.71. The van der Waals surface area contributed by atoms with Gasteiger partial charge < -0.3 is 9.47 Å². The maximum absolute atomic E-state index is 13.0. The molecule has 0 spiro atoms. The summed E-state index contributed by atoms with van der Waals surface area (Å²) in [6, 6.07) is 21.3. The highest BCUT2D eigenvalue weighted by atomic mass is 19.1. The van der Waals surface area contributed by atoms with Crippen molar-refractivity contribution in [3.05, 3.63) is 95.3 Å². The minimum absolute atomic E-state index is 0.152. The maximum atomic E-state index is 13.0.